The van der Waals surface area contributed by atoms with Crippen molar-refractivity contribution in [2.75, 3.05) is 7.05 Å². The largest absolute Gasteiger partial charge is 0.280 e. The van der Waals surface area contributed by atoms with Crippen LogP contribution in [0.3, 0.4) is 0 Å². The lowest BCUT2D eigenvalue weighted by Crippen LogP contribution is -2.33. The molecule has 1 aromatic rings. The van der Waals surface area contributed by atoms with E-state index in [1.807, 2.05) is 0 Å². The fourth-order valence-corrected chi connectivity index (χ4v) is 0.833. The lowest BCUT2D eigenvalue weighted by Gasteiger charge is -2.09. The van der Waals surface area contributed by atoms with Crippen molar-refractivity contribution in [1.29, 1.82) is 0 Å². The van der Waals surface area contributed by atoms with Crippen LogP contribution >= 0.6 is 0 Å². The van der Waals surface area contributed by atoms with Gasteiger partial charge in [-0.3, -0.25) is 9.80 Å². The Morgan fingerprint density at radius 3 is 2.46 bits per heavy atom. The molecule has 5 heteroatoms. The maximum atomic E-state index is 12.6. The summed E-state index contributed by atoms with van der Waals surface area (Å²) in [5.41, 5.74) is 0.0175. The maximum Gasteiger partial charge on any atom is 0.267 e. The van der Waals surface area contributed by atoms with Crippen molar-refractivity contribution in [3.05, 3.63) is 35.4 Å². The highest BCUT2D eigenvalue weighted by atomic mass is 19.2. The van der Waals surface area contributed by atoms with Crippen LogP contribution in [0.2, 0.25) is 0 Å². The molecular weight excluding hydrogens is 178 g/mol. The van der Waals surface area contributed by atoms with Gasteiger partial charge in [0.25, 0.3) is 5.91 Å². The Morgan fingerprint density at radius 1 is 1.38 bits per heavy atom. The van der Waals surface area contributed by atoms with Crippen LogP contribution in [0, 0.1) is 11.6 Å². The van der Waals surface area contributed by atoms with Gasteiger partial charge in [0.1, 0.15) is 0 Å². The first kappa shape index (κ1) is 9.60. The number of hydrogen-bond donors (Lipinski definition) is 1. The Bertz CT molecular complexity index is 339. The average Bonchev–Trinajstić information content (AvgIpc) is 2.08. The Labute approximate surface area is 73.7 Å². The van der Waals surface area contributed by atoms with Gasteiger partial charge in [-0.15, -0.1) is 0 Å². The number of carbonyl (C=O) groups excluding carboxylic acids is 1. The Kier molecular flexibility index (Phi) is 2.57. The van der Waals surface area contributed by atoms with Gasteiger partial charge in [0.15, 0.2) is 11.6 Å². The molecule has 70 valence electrons. The van der Waals surface area contributed by atoms with Crippen LogP contribution in [0.25, 0.3) is 0 Å². The molecule has 0 spiro atoms. The third-order valence-electron chi connectivity index (χ3n) is 1.49. The van der Waals surface area contributed by atoms with E-state index in [2.05, 4.69) is 0 Å². The molecule has 0 atom stereocenters. The molecule has 13 heavy (non-hydrogen) atoms. The molecule has 2 N–H and O–H groups in total. The number of halogens is 2. The molecule has 3 nitrogen and oxygen atoms in total. The maximum absolute atomic E-state index is 12.6. The zero-order valence-corrected chi connectivity index (χ0v) is 6.92. The number of carbonyl (C=O) groups is 1. The standard InChI is InChI=1S/C8H8F2N2O/c1-12(11)8(13)5-2-3-6(9)7(10)4-5/h2-4H,11H2,1H3. The van der Waals surface area contributed by atoms with Crippen molar-refractivity contribution >= 4 is 5.91 Å². The van der Waals surface area contributed by atoms with Crippen molar-refractivity contribution in [2.45, 2.75) is 0 Å². The molecule has 1 amide bonds. The van der Waals surface area contributed by atoms with Crippen LogP contribution in [0.4, 0.5) is 8.78 Å². The SMILES string of the molecule is CN(N)C(=O)c1ccc(F)c(F)c1. The lowest BCUT2D eigenvalue weighted by atomic mass is 10.2. The molecule has 0 saturated heterocycles. The molecule has 0 unspecified atom stereocenters. The van der Waals surface area contributed by atoms with E-state index < -0.39 is 17.5 Å². The van der Waals surface area contributed by atoms with E-state index in [4.69, 9.17) is 5.84 Å². The third-order valence-corrected chi connectivity index (χ3v) is 1.49. The molecule has 0 bridgehead atoms. The molecule has 0 saturated carbocycles. The number of rotatable bonds is 1. The molecule has 1 rings (SSSR count). The van der Waals surface area contributed by atoms with Crippen LogP contribution in [-0.4, -0.2) is 18.0 Å². The highest BCUT2D eigenvalue weighted by molar-refractivity contribution is 5.93. The zero-order chi connectivity index (χ0) is 10.0. The monoisotopic (exact) mass is 186 g/mol. The molecule has 0 aliphatic rings. The Hall–Kier alpha value is -1.49. The van der Waals surface area contributed by atoms with Gasteiger partial charge in [-0.05, 0) is 18.2 Å². The molecule has 0 aliphatic carbocycles. The first-order valence-corrected chi connectivity index (χ1v) is 3.50. The van der Waals surface area contributed by atoms with Crippen LogP contribution < -0.4 is 5.84 Å². The fourth-order valence-electron chi connectivity index (χ4n) is 0.833. The van der Waals surface area contributed by atoms with Crippen LogP contribution in [-0.2, 0) is 0 Å². The van der Waals surface area contributed by atoms with E-state index >= 15 is 0 Å². The van der Waals surface area contributed by atoms with Crippen molar-refractivity contribution < 1.29 is 13.6 Å². The second-order valence-corrected chi connectivity index (χ2v) is 2.54. The van der Waals surface area contributed by atoms with Crippen molar-refractivity contribution in [3.63, 3.8) is 0 Å². The summed E-state index contributed by atoms with van der Waals surface area (Å²) in [5, 5.41) is 0.798. The number of hydrazine groups is 1. The second-order valence-electron chi connectivity index (χ2n) is 2.54. The van der Waals surface area contributed by atoms with Crippen molar-refractivity contribution in [2.24, 2.45) is 5.84 Å². The molecule has 0 aliphatic heterocycles. The van der Waals surface area contributed by atoms with Gasteiger partial charge in [0.2, 0.25) is 0 Å². The predicted octanol–water partition coefficient (Wildman–Crippen LogP) is 0.911. The van der Waals surface area contributed by atoms with Gasteiger partial charge in [-0.1, -0.05) is 0 Å². The molecule has 1 aromatic carbocycles. The van der Waals surface area contributed by atoms with Gasteiger partial charge < -0.3 is 0 Å². The van der Waals surface area contributed by atoms with Gasteiger partial charge >= 0.3 is 0 Å². The summed E-state index contributed by atoms with van der Waals surface area (Å²) in [5.74, 6) is 2.50. The first-order valence-electron chi connectivity index (χ1n) is 3.50. The van der Waals surface area contributed by atoms with Crippen LogP contribution in [0.5, 0.6) is 0 Å². The minimum atomic E-state index is -1.06. The minimum Gasteiger partial charge on any atom is -0.280 e. The van der Waals surface area contributed by atoms with Crippen molar-refractivity contribution in [1.82, 2.24) is 5.01 Å². The summed E-state index contributed by atoms with van der Waals surface area (Å²) in [6.07, 6.45) is 0. The smallest absolute Gasteiger partial charge is 0.267 e. The predicted molar refractivity (Wildman–Crippen MR) is 42.6 cm³/mol. The summed E-state index contributed by atoms with van der Waals surface area (Å²) in [6, 6.07) is 2.86. The van der Waals surface area contributed by atoms with Crippen LogP contribution in [0.1, 0.15) is 10.4 Å². The topological polar surface area (TPSA) is 46.3 Å². The molecular formula is C8H8F2N2O. The van der Waals surface area contributed by atoms with Crippen molar-refractivity contribution in [3.8, 4) is 0 Å². The highest BCUT2D eigenvalue weighted by Crippen LogP contribution is 2.09. The van der Waals surface area contributed by atoms with Gasteiger partial charge in [0, 0.05) is 12.6 Å². The van der Waals surface area contributed by atoms with E-state index in [1.165, 1.54) is 13.1 Å². The number of nitrogens with zero attached hydrogens (tertiary/aromatic N) is 1. The highest BCUT2D eigenvalue weighted by Gasteiger charge is 2.11. The normalized spacial score (nSPS) is 9.85. The molecule has 0 aromatic heterocycles. The Balaban J connectivity index is 3.04. The summed E-state index contributed by atoms with van der Waals surface area (Å²) in [7, 11) is 1.32. The second kappa shape index (κ2) is 3.49. The van der Waals surface area contributed by atoms with E-state index in [1.54, 1.807) is 0 Å². The van der Waals surface area contributed by atoms with Gasteiger partial charge in [-0.25, -0.2) is 14.6 Å². The van der Waals surface area contributed by atoms with Crippen LogP contribution in [0.15, 0.2) is 18.2 Å². The summed E-state index contributed by atoms with van der Waals surface area (Å²) in [6.45, 7) is 0. The van der Waals surface area contributed by atoms with E-state index in [0.717, 1.165) is 17.1 Å². The number of benzene rings is 1. The Morgan fingerprint density at radius 2 is 2.00 bits per heavy atom. The summed E-state index contributed by atoms with van der Waals surface area (Å²) in [4.78, 5) is 11.1. The van der Waals surface area contributed by atoms with E-state index in [9.17, 15) is 13.6 Å². The molecule has 0 radical (unpaired) electrons. The third kappa shape index (κ3) is 2.00. The summed E-state index contributed by atoms with van der Waals surface area (Å²) < 4.78 is 25.0. The summed E-state index contributed by atoms with van der Waals surface area (Å²) >= 11 is 0. The molecule has 0 fully saturated rings. The number of amides is 1. The van der Waals surface area contributed by atoms with Gasteiger partial charge in [0.05, 0.1) is 0 Å². The number of hydrogen-bond acceptors (Lipinski definition) is 2. The average molecular weight is 186 g/mol. The molecule has 0 heterocycles. The number of nitrogens with two attached hydrogens (primary N) is 1. The zero-order valence-electron chi connectivity index (χ0n) is 6.92. The fraction of sp³-hybridized carbons (Fsp3) is 0.125. The van der Waals surface area contributed by atoms with E-state index in [0.29, 0.717) is 0 Å². The lowest BCUT2D eigenvalue weighted by molar-refractivity contribution is 0.0794. The first-order chi connectivity index (χ1) is 6.02. The quantitative estimate of drug-likeness (QED) is 0.402. The van der Waals surface area contributed by atoms with E-state index in [-0.39, 0.29) is 5.56 Å². The van der Waals surface area contributed by atoms with Gasteiger partial charge in [-0.2, -0.15) is 0 Å². The minimum absolute atomic E-state index is 0.0175.